The summed E-state index contributed by atoms with van der Waals surface area (Å²) in [4.78, 5) is 2.33. The number of likely N-dealkylation sites (N-methyl/N-ethyl adjacent to an activating group) is 1. The summed E-state index contributed by atoms with van der Waals surface area (Å²) in [6.45, 7) is 9.62. The van der Waals surface area contributed by atoms with E-state index in [9.17, 15) is 0 Å². The van der Waals surface area contributed by atoms with Crippen molar-refractivity contribution in [1.82, 2.24) is 4.90 Å². The van der Waals surface area contributed by atoms with Crippen molar-refractivity contribution in [3.05, 3.63) is 0 Å². The van der Waals surface area contributed by atoms with E-state index in [-0.39, 0.29) is 12.6 Å². The Labute approximate surface area is 88.3 Å². The quantitative estimate of drug-likeness (QED) is 0.619. The lowest BCUT2D eigenvalue weighted by atomic mass is 10.0. The van der Waals surface area contributed by atoms with Gasteiger partial charge < -0.3 is 15.7 Å². The monoisotopic (exact) mass is 202 g/mol. The first-order chi connectivity index (χ1) is 6.67. The first-order valence-electron chi connectivity index (χ1n) is 5.76. The normalized spacial score (nSPS) is 13.9. The summed E-state index contributed by atoms with van der Waals surface area (Å²) in [7, 11) is 0. The van der Waals surface area contributed by atoms with Gasteiger partial charge in [0.1, 0.15) is 0 Å². The molecule has 0 fully saturated rings. The molecule has 0 aliphatic heterocycles. The van der Waals surface area contributed by atoms with Crippen molar-refractivity contribution in [3.8, 4) is 0 Å². The lowest BCUT2D eigenvalue weighted by Gasteiger charge is -2.27. The standard InChI is InChI=1S/C11H26N2O/c1-4-10(5-2)7-13(6-3)8-11(12)9-14/h10-11,14H,4-9,12H2,1-3H3. The third kappa shape index (κ3) is 5.58. The molecule has 3 heteroatoms. The van der Waals surface area contributed by atoms with Crippen molar-refractivity contribution >= 4 is 0 Å². The molecule has 0 aliphatic rings. The van der Waals surface area contributed by atoms with E-state index in [1.165, 1.54) is 12.8 Å². The van der Waals surface area contributed by atoms with Crippen molar-refractivity contribution in [3.63, 3.8) is 0 Å². The summed E-state index contributed by atoms with van der Waals surface area (Å²) in [5.41, 5.74) is 5.72. The van der Waals surface area contributed by atoms with Crippen LogP contribution in [0.5, 0.6) is 0 Å². The second-order valence-corrected chi connectivity index (χ2v) is 3.98. The van der Waals surface area contributed by atoms with Gasteiger partial charge in [-0.15, -0.1) is 0 Å². The van der Waals surface area contributed by atoms with Gasteiger partial charge in [0.2, 0.25) is 0 Å². The Morgan fingerprint density at radius 1 is 1.14 bits per heavy atom. The van der Waals surface area contributed by atoms with Gasteiger partial charge in [0.05, 0.1) is 6.61 Å². The molecule has 1 unspecified atom stereocenters. The molecule has 1 atom stereocenters. The highest BCUT2D eigenvalue weighted by Crippen LogP contribution is 2.09. The molecule has 0 aromatic rings. The van der Waals surface area contributed by atoms with Crippen molar-refractivity contribution in [2.45, 2.75) is 39.7 Å². The zero-order valence-corrected chi connectivity index (χ0v) is 9.87. The van der Waals surface area contributed by atoms with Crippen molar-refractivity contribution in [2.75, 3.05) is 26.2 Å². The molecule has 0 aliphatic carbocycles. The number of nitrogens with two attached hydrogens (primary N) is 1. The van der Waals surface area contributed by atoms with E-state index in [4.69, 9.17) is 10.8 Å². The molecule has 0 heterocycles. The maximum absolute atomic E-state index is 8.88. The van der Waals surface area contributed by atoms with Gasteiger partial charge >= 0.3 is 0 Å². The second kappa shape index (κ2) is 8.21. The summed E-state index contributed by atoms with van der Waals surface area (Å²) in [5, 5.41) is 8.88. The van der Waals surface area contributed by atoms with E-state index in [1.54, 1.807) is 0 Å². The molecule has 0 saturated carbocycles. The zero-order chi connectivity index (χ0) is 11.0. The maximum Gasteiger partial charge on any atom is 0.0595 e. The average molecular weight is 202 g/mol. The van der Waals surface area contributed by atoms with Crippen LogP contribution < -0.4 is 5.73 Å². The van der Waals surface area contributed by atoms with Gasteiger partial charge in [-0.3, -0.25) is 0 Å². The molecule has 14 heavy (non-hydrogen) atoms. The minimum atomic E-state index is -0.0932. The number of aliphatic hydroxyl groups is 1. The highest BCUT2D eigenvalue weighted by atomic mass is 16.3. The van der Waals surface area contributed by atoms with Crippen LogP contribution in [-0.2, 0) is 0 Å². The third-order valence-electron chi connectivity index (χ3n) is 2.85. The third-order valence-corrected chi connectivity index (χ3v) is 2.85. The Bertz CT molecular complexity index is 126. The van der Waals surface area contributed by atoms with Gasteiger partial charge in [0.15, 0.2) is 0 Å². The lowest BCUT2D eigenvalue weighted by molar-refractivity contribution is 0.184. The minimum absolute atomic E-state index is 0.0828. The number of rotatable bonds is 8. The molecule has 0 aromatic heterocycles. The summed E-state index contributed by atoms with van der Waals surface area (Å²) in [6.07, 6.45) is 2.45. The predicted octanol–water partition coefficient (Wildman–Crippen LogP) is 1.06. The molecule has 3 N–H and O–H groups in total. The smallest absolute Gasteiger partial charge is 0.0595 e. The molecule has 3 nitrogen and oxygen atoms in total. The van der Waals surface area contributed by atoms with Crippen LogP contribution in [0.25, 0.3) is 0 Å². The number of aliphatic hydroxyl groups excluding tert-OH is 1. The maximum atomic E-state index is 8.88. The summed E-state index contributed by atoms with van der Waals surface area (Å²) >= 11 is 0. The molecule has 0 bridgehead atoms. The summed E-state index contributed by atoms with van der Waals surface area (Å²) < 4.78 is 0. The highest BCUT2D eigenvalue weighted by molar-refractivity contribution is 4.69. The molecule has 86 valence electrons. The van der Waals surface area contributed by atoms with Gasteiger partial charge in [-0.05, 0) is 12.5 Å². The van der Waals surface area contributed by atoms with Gasteiger partial charge in [-0.1, -0.05) is 33.6 Å². The molecule has 0 aromatic carbocycles. The second-order valence-electron chi connectivity index (χ2n) is 3.98. The topological polar surface area (TPSA) is 49.5 Å². The van der Waals surface area contributed by atoms with Gasteiger partial charge in [0.25, 0.3) is 0 Å². The van der Waals surface area contributed by atoms with Gasteiger partial charge in [-0.25, -0.2) is 0 Å². The fourth-order valence-corrected chi connectivity index (χ4v) is 1.63. The fraction of sp³-hybridized carbons (Fsp3) is 1.00. The van der Waals surface area contributed by atoms with E-state index in [0.29, 0.717) is 0 Å². The van der Waals surface area contributed by atoms with Gasteiger partial charge in [0, 0.05) is 19.1 Å². The number of nitrogens with zero attached hydrogens (tertiary/aromatic N) is 1. The van der Waals surface area contributed by atoms with Crippen LogP contribution >= 0.6 is 0 Å². The lowest BCUT2D eigenvalue weighted by Crippen LogP contribution is -2.41. The minimum Gasteiger partial charge on any atom is -0.395 e. The fourth-order valence-electron chi connectivity index (χ4n) is 1.63. The Hall–Kier alpha value is -0.120. The number of hydrogen-bond donors (Lipinski definition) is 2. The Morgan fingerprint density at radius 2 is 1.71 bits per heavy atom. The largest absolute Gasteiger partial charge is 0.395 e. The van der Waals surface area contributed by atoms with Gasteiger partial charge in [-0.2, -0.15) is 0 Å². The molecule has 0 saturated heterocycles. The summed E-state index contributed by atoms with van der Waals surface area (Å²) in [5.74, 6) is 0.765. The Morgan fingerprint density at radius 3 is 2.07 bits per heavy atom. The van der Waals surface area contributed by atoms with E-state index < -0.39 is 0 Å². The van der Waals surface area contributed by atoms with E-state index >= 15 is 0 Å². The van der Waals surface area contributed by atoms with Crippen LogP contribution in [0.4, 0.5) is 0 Å². The molecule has 0 amide bonds. The van der Waals surface area contributed by atoms with Crippen LogP contribution in [0.2, 0.25) is 0 Å². The average Bonchev–Trinajstić information content (AvgIpc) is 2.23. The molecule has 0 radical (unpaired) electrons. The van der Waals surface area contributed by atoms with Crippen molar-refractivity contribution < 1.29 is 5.11 Å². The molecular formula is C11H26N2O. The van der Waals surface area contributed by atoms with E-state index in [0.717, 1.165) is 25.6 Å². The molecule has 0 rings (SSSR count). The van der Waals surface area contributed by atoms with Crippen LogP contribution in [0.15, 0.2) is 0 Å². The van der Waals surface area contributed by atoms with Crippen LogP contribution in [0.1, 0.15) is 33.6 Å². The zero-order valence-electron chi connectivity index (χ0n) is 9.87. The molecule has 0 spiro atoms. The van der Waals surface area contributed by atoms with E-state index in [1.807, 2.05) is 0 Å². The highest BCUT2D eigenvalue weighted by Gasteiger charge is 2.12. The van der Waals surface area contributed by atoms with Crippen molar-refractivity contribution in [1.29, 1.82) is 0 Å². The first kappa shape index (κ1) is 13.9. The Kier molecular flexibility index (Phi) is 8.14. The van der Waals surface area contributed by atoms with Crippen LogP contribution in [0.3, 0.4) is 0 Å². The van der Waals surface area contributed by atoms with Crippen LogP contribution in [-0.4, -0.2) is 42.3 Å². The predicted molar refractivity (Wildman–Crippen MR) is 61.2 cm³/mol. The van der Waals surface area contributed by atoms with Crippen molar-refractivity contribution in [2.24, 2.45) is 11.7 Å². The number of hydrogen-bond acceptors (Lipinski definition) is 3. The Balaban J connectivity index is 3.88. The SMILES string of the molecule is CCC(CC)CN(CC)CC(N)CO. The van der Waals surface area contributed by atoms with E-state index in [2.05, 4.69) is 25.7 Å². The molecular weight excluding hydrogens is 176 g/mol. The summed E-state index contributed by atoms with van der Waals surface area (Å²) in [6, 6.07) is -0.0932. The van der Waals surface area contributed by atoms with Crippen LogP contribution in [0, 0.1) is 5.92 Å². The first-order valence-corrected chi connectivity index (χ1v) is 5.76.